The van der Waals surface area contributed by atoms with Gasteiger partial charge in [-0.25, -0.2) is 4.79 Å². The zero-order valence-corrected chi connectivity index (χ0v) is 19.5. The Morgan fingerprint density at radius 1 is 1.03 bits per heavy atom. The lowest BCUT2D eigenvalue weighted by atomic mass is 10.1. The minimum atomic E-state index is -0.618. The van der Waals surface area contributed by atoms with E-state index in [9.17, 15) is 24.8 Å². The van der Waals surface area contributed by atoms with E-state index in [1.165, 1.54) is 19.2 Å². The molecule has 13 heteroatoms. The summed E-state index contributed by atoms with van der Waals surface area (Å²) in [5, 5.41) is 25.6. The summed E-state index contributed by atoms with van der Waals surface area (Å²) in [5.41, 5.74) is -0.173. The summed E-state index contributed by atoms with van der Waals surface area (Å²) in [6, 6.07) is 2.52. The Kier molecular flexibility index (Phi) is 14.7. The fourth-order valence-corrected chi connectivity index (χ4v) is 2.64. The molecule has 1 rings (SSSR count). The highest BCUT2D eigenvalue weighted by molar-refractivity contribution is 5.75. The summed E-state index contributed by atoms with van der Waals surface area (Å²) in [7, 11) is 1.38. The van der Waals surface area contributed by atoms with Crippen LogP contribution >= 0.6 is 0 Å². The number of rotatable bonds is 18. The summed E-state index contributed by atoms with van der Waals surface area (Å²) in [4.78, 5) is 33.9. The average molecular weight is 488 g/mol. The smallest absolute Gasteiger partial charge is 0.407 e. The first-order chi connectivity index (χ1) is 16.4. The summed E-state index contributed by atoms with van der Waals surface area (Å²) in [5.74, 6) is 0.151. The number of nitro benzene ring substituents is 1. The van der Waals surface area contributed by atoms with Crippen LogP contribution in [0.15, 0.2) is 12.1 Å². The van der Waals surface area contributed by atoms with Crippen molar-refractivity contribution in [1.82, 2.24) is 10.6 Å². The highest BCUT2D eigenvalue weighted by Crippen LogP contribution is 2.34. The molecule has 0 radical (unpaired) electrons. The molecule has 0 aliphatic rings. The van der Waals surface area contributed by atoms with Gasteiger partial charge in [0.05, 0.1) is 56.7 Å². The molecule has 1 aromatic rings. The maximum Gasteiger partial charge on any atom is 0.407 e. The predicted molar refractivity (Wildman–Crippen MR) is 120 cm³/mol. The van der Waals surface area contributed by atoms with E-state index in [0.717, 1.165) is 0 Å². The van der Waals surface area contributed by atoms with Crippen LogP contribution in [0.1, 0.15) is 25.3 Å². The third-order valence-corrected chi connectivity index (χ3v) is 4.29. The molecular formula is C21H33N3O10. The standard InChI is InChI=1S/C21H33N3O10/c1-3-31-9-10-32-11-12-34-21(27)23-7-6-22-20(26)5-4-8-33-19-14-17(24(28)29)16(15-25)13-18(19)30-2/h13-14,25H,3-12,15H2,1-2H3,(H,22,26)(H,23,27). The van der Waals surface area contributed by atoms with Crippen LogP contribution in [0.4, 0.5) is 10.5 Å². The topological polar surface area (TPSA) is 168 Å². The molecule has 0 heterocycles. The maximum absolute atomic E-state index is 11.9. The second kappa shape index (κ2) is 17.3. The maximum atomic E-state index is 11.9. The van der Waals surface area contributed by atoms with E-state index in [2.05, 4.69) is 10.6 Å². The monoisotopic (exact) mass is 487 g/mol. The summed E-state index contributed by atoms with van der Waals surface area (Å²) < 4.78 is 25.9. The van der Waals surface area contributed by atoms with E-state index in [1.807, 2.05) is 6.92 Å². The molecule has 0 aliphatic carbocycles. The fourth-order valence-electron chi connectivity index (χ4n) is 2.64. The molecule has 0 saturated carbocycles. The lowest BCUT2D eigenvalue weighted by Gasteiger charge is -2.12. The Labute approximate surface area is 197 Å². The molecule has 192 valence electrons. The molecule has 2 amide bonds. The van der Waals surface area contributed by atoms with Crippen LogP contribution < -0.4 is 20.1 Å². The largest absolute Gasteiger partial charge is 0.493 e. The molecule has 0 aliphatic heterocycles. The molecule has 0 unspecified atom stereocenters. The Hall–Kier alpha value is -3.16. The Bertz CT molecular complexity index is 775. The van der Waals surface area contributed by atoms with Gasteiger partial charge in [0.15, 0.2) is 11.5 Å². The molecule has 0 saturated heterocycles. The number of nitro groups is 1. The van der Waals surface area contributed by atoms with Crippen LogP contribution in [0.3, 0.4) is 0 Å². The zero-order valence-electron chi connectivity index (χ0n) is 19.5. The Morgan fingerprint density at radius 2 is 1.74 bits per heavy atom. The number of carbonyl (C=O) groups is 2. The van der Waals surface area contributed by atoms with Gasteiger partial charge in [-0.2, -0.15) is 0 Å². The minimum absolute atomic E-state index is 0.108. The van der Waals surface area contributed by atoms with Gasteiger partial charge in [0, 0.05) is 26.1 Å². The minimum Gasteiger partial charge on any atom is -0.493 e. The number of nitrogens with one attached hydrogen (secondary N) is 2. The fraction of sp³-hybridized carbons (Fsp3) is 0.619. The first-order valence-electron chi connectivity index (χ1n) is 10.8. The van der Waals surface area contributed by atoms with Gasteiger partial charge in [-0.05, 0) is 19.4 Å². The van der Waals surface area contributed by atoms with Crippen molar-refractivity contribution in [2.45, 2.75) is 26.4 Å². The lowest BCUT2D eigenvalue weighted by molar-refractivity contribution is -0.385. The molecule has 0 fully saturated rings. The number of nitrogens with zero attached hydrogens (tertiary/aromatic N) is 1. The Balaban J connectivity index is 2.19. The van der Waals surface area contributed by atoms with Gasteiger partial charge >= 0.3 is 6.09 Å². The zero-order chi connectivity index (χ0) is 25.2. The van der Waals surface area contributed by atoms with Crippen LogP contribution in [0.25, 0.3) is 0 Å². The lowest BCUT2D eigenvalue weighted by Crippen LogP contribution is -2.35. The van der Waals surface area contributed by atoms with Crippen molar-refractivity contribution in [3.8, 4) is 11.5 Å². The van der Waals surface area contributed by atoms with Crippen molar-refractivity contribution in [1.29, 1.82) is 0 Å². The van der Waals surface area contributed by atoms with Gasteiger partial charge in [0.1, 0.15) is 6.61 Å². The van der Waals surface area contributed by atoms with E-state index in [0.29, 0.717) is 26.2 Å². The van der Waals surface area contributed by atoms with Gasteiger partial charge in [-0.3, -0.25) is 14.9 Å². The number of alkyl carbamates (subject to hydrolysis) is 1. The van der Waals surface area contributed by atoms with Gasteiger partial charge < -0.3 is 39.4 Å². The molecule has 1 aromatic carbocycles. The van der Waals surface area contributed by atoms with Crippen molar-refractivity contribution in [3.05, 3.63) is 27.8 Å². The SMILES string of the molecule is CCOCCOCCOC(=O)NCCNC(=O)CCCOc1cc([N+](=O)[O-])c(CO)cc1OC. The average Bonchev–Trinajstić information content (AvgIpc) is 2.83. The number of aliphatic hydroxyl groups excluding tert-OH is 1. The number of hydrogen-bond donors (Lipinski definition) is 3. The van der Waals surface area contributed by atoms with Gasteiger partial charge in [-0.1, -0.05) is 0 Å². The molecule has 0 aromatic heterocycles. The third-order valence-electron chi connectivity index (χ3n) is 4.29. The van der Waals surface area contributed by atoms with E-state index < -0.39 is 17.6 Å². The molecule has 13 nitrogen and oxygen atoms in total. The van der Waals surface area contributed by atoms with Crippen LogP contribution in [-0.4, -0.2) is 81.9 Å². The quantitative estimate of drug-likeness (QED) is 0.155. The van der Waals surface area contributed by atoms with E-state index in [4.69, 9.17) is 23.7 Å². The van der Waals surface area contributed by atoms with Crippen LogP contribution in [-0.2, 0) is 25.6 Å². The molecule has 34 heavy (non-hydrogen) atoms. The van der Waals surface area contributed by atoms with E-state index >= 15 is 0 Å². The molecule has 0 spiro atoms. The molecule has 0 bridgehead atoms. The molecule has 3 N–H and O–H groups in total. The highest BCUT2D eigenvalue weighted by Gasteiger charge is 2.19. The Morgan fingerprint density at radius 3 is 2.41 bits per heavy atom. The second-order valence-electron chi connectivity index (χ2n) is 6.72. The van der Waals surface area contributed by atoms with Crippen molar-refractivity contribution >= 4 is 17.7 Å². The number of aliphatic hydroxyl groups is 1. The first-order valence-corrected chi connectivity index (χ1v) is 10.8. The van der Waals surface area contributed by atoms with Crippen molar-refractivity contribution < 1.29 is 43.3 Å². The van der Waals surface area contributed by atoms with Gasteiger partial charge in [-0.15, -0.1) is 0 Å². The van der Waals surface area contributed by atoms with Crippen LogP contribution in [0.2, 0.25) is 0 Å². The second-order valence-corrected chi connectivity index (χ2v) is 6.72. The predicted octanol–water partition coefficient (Wildman–Crippen LogP) is 1.15. The number of methoxy groups -OCH3 is 1. The van der Waals surface area contributed by atoms with Gasteiger partial charge in [0.25, 0.3) is 5.69 Å². The molecular weight excluding hydrogens is 454 g/mol. The van der Waals surface area contributed by atoms with Crippen molar-refractivity contribution in [3.63, 3.8) is 0 Å². The van der Waals surface area contributed by atoms with E-state index in [-0.39, 0.29) is 68.0 Å². The van der Waals surface area contributed by atoms with Gasteiger partial charge in [0.2, 0.25) is 5.91 Å². The summed E-state index contributed by atoms with van der Waals surface area (Å²) >= 11 is 0. The van der Waals surface area contributed by atoms with Crippen LogP contribution in [0.5, 0.6) is 11.5 Å². The number of carbonyl (C=O) groups excluding carboxylic acids is 2. The number of hydrogen-bond acceptors (Lipinski definition) is 10. The number of amides is 2. The van der Waals surface area contributed by atoms with E-state index in [1.54, 1.807) is 0 Å². The molecule has 0 atom stereocenters. The highest BCUT2D eigenvalue weighted by atomic mass is 16.6. The van der Waals surface area contributed by atoms with Crippen molar-refractivity contribution in [2.75, 3.05) is 59.8 Å². The number of benzene rings is 1. The first kappa shape index (κ1) is 28.9. The normalized spacial score (nSPS) is 10.4. The summed E-state index contributed by atoms with van der Waals surface area (Å²) in [6.07, 6.45) is -0.0993. The van der Waals surface area contributed by atoms with Crippen LogP contribution in [0, 0.1) is 10.1 Å². The number of ether oxygens (including phenoxy) is 5. The summed E-state index contributed by atoms with van der Waals surface area (Å²) in [6.45, 7) is 3.84. The van der Waals surface area contributed by atoms with Crippen molar-refractivity contribution in [2.24, 2.45) is 0 Å². The third kappa shape index (κ3) is 11.6.